The van der Waals surface area contributed by atoms with Crippen molar-refractivity contribution in [1.29, 1.82) is 5.41 Å². The van der Waals surface area contributed by atoms with Crippen molar-refractivity contribution < 1.29 is 24.4 Å². The Morgan fingerprint density at radius 2 is 2.24 bits per heavy atom. The summed E-state index contributed by atoms with van der Waals surface area (Å²) in [6, 6.07) is 4.63. The largest absolute Gasteiger partial charge is 0.547 e. The third-order valence-corrected chi connectivity index (χ3v) is 4.14. The average molecular weight is 402 g/mol. The number of nitrogens with zero attached hydrogens (tertiary/aromatic N) is 4. The van der Waals surface area contributed by atoms with Gasteiger partial charge in [-0.05, 0) is 23.3 Å². The van der Waals surface area contributed by atoms with E-state index in [9.17, 15) is 19.7 Å². The smallest absolute Gasteiger partial charge is 0.534 e. The van der Waals surface area contributed by atoms with Gasteiger partial charge in [0.25, 0.3) is 0 Å². The maximum absolute atomic E-state index is 12.3. The maximum Gasteiger partial charge on any atom is 0.547 e. The van der Waals surface area contributed by atoms with E-state index in [1.807, 2.05) is 0 Å². The molecule has 29 heavy (non-hydrogen) atoms. The van der Waals surface area contributed by atoms with Crippen molar-refractivity contribution in [3.8, 4) is 5.75 Å². The number of amides is 1. The topological polar surface area (TPSA) is 201 Å². The molecule has 0 radical (unpaired) electrons. The van der Waals surface area contributed by atoms with E-state index >= 15 is 0 Å². The number of carboxylic acid groups (broad SMARTS) is 1. The van der Waals surface area contributed by atoms with Gasteiger partial charge in [0.05, 0.1) is 24.5 Å². The van der Waals surface area contributed by atoms with Crippen LogP contribution in [0.1, 0.15) is 21.7 Å². The van der Waals surface area contributed by atoms with Gasteiger partial charge in [0.2, 0.25) is 5.91 Å². The third kappa shape index (κ3) is 4.98. The SMILES string of the molecule is N=C(N)NCCn1nnc(CC(=O)N[C@H]2Cc3cccc(C(=O)O)c3OB2O)n1. The first-order valence-electron chi connectivity index (χ1n) is 8.67. The number of carbonyl (C=O) groups excluding carboxylic acids is 1. The van der Waals surface area contributed by atoms with E-state index in [1.54, 1.807) is 12.1 Å². The molecule has 3 rings (SSSR count). The first-order chi connectivity index (χ1) is 13.8. The van der Waals surface area contributed by atoms with Crippen LogP contribution < -0.4 is 21.0 Å². The van der Waals surface area contributed by atoms with Crippen molar-refractivity contribution in [2.45, 2.75) is 25.3 Å². The van der Waals surface area contributed by atoms with Gasteiger partial charge in [-0.3, -0.25) is 10.2 Å². The Kier molecular flexibility index (Phi) is 5.92. The van der Waals surface area contributed by atoms with Crippen LogP contribution in [0.25, 0.3) is 0 Å². The van der Waals surface area contributed by atoms with Crippen LogP contribution in [-0.4, -0.2) is 67.8 Å². The van der Waals surface area contributed by atoms with Crippen LogP contribution >= 0.6 is 0 Å². The number of carbonyl (C=O) groups is 2. The zero-order valence-corrected chi connectivity index (χ0v) is 15.2. The molecule has 2 heterocycles. The molecule has 1 aliphatic rings. The molecule has 13 nitrogen and oxygen atoms in total. The molecule has 2 aromatic rings. The number of para-hydroxylation sites is 1. The summed E-state index contributed by atoms with van der Waals surface area (Å²) in [4.78, 5) is 24.8. The first kappa shape index (κ1) is 20.1. The standard InChI is InChI=1S/C15H19BN8O5/c17-15(18)19-4-5-24-22-11(21-23-24)7-12(25)20-10-6-8-2-1-3-9(14(26)27)13(8)29-16(10)28/h1-3,10,28H,4-7H2,(H,20,25)(H,26,27)(H4,17,18,19)/t10-/m0/s1. The summed E-state index contributed by atoms with van der Waals surface area (Å²) in [6.45, 7) is 0.646. The van der Waals surface area contributed by atoms with Crippen LogP contribution in [0.5, 0.6) is 5.75 Å². The zero-order chi connectivity index (χ0) is 21.0. The second kappa shape index (κ2) is 8.56. The van der Waals surface area contributed by atoms with Crippen LogP contribution in [0.15, 0.2) is 18.2 Å². The molecule has 0 bridgehead atoms. The summed E-state index contributed by atoms with van der Waals surface area (Å²) in [5, 5.41) is 43.3. The van der Waals surface area contributed by atoms with Gasteiger partial charge in [-0.1, -0.05) is 12.1 Å². The predicted molar refractivity (Wildman–Crippen MR) is 99.1 cm³/mol. The minimum Gasteiger partial charge on any atom is -0.534 e. The predicted octanol–water partition coefficient (Wildman–Crippen LogP) is -2.46. The van der Waals surface area contributed by atoms with Crippen molar-refractivity contribution in [2.24, 2.45) is 5.73 Å². The fourth-order valence-electron chi connectivity index (χ4n) is 2.85. The van der Waals surface area contributed by atoms with Gasteiger partial charge in [-0.25, -0.2) is 4.79 Å². The summed E-state index contributed by atoms with van der Waals surface area (Å²) < 4.78 is 5.33. The van der Waals surface area contributed by atoms with Gasteiger partial charge in [0.15, 0.2) is 11.8 Å². The number of hydrogen-bond donors (Lipinski definition) is 6. The number of fused-ring (bicyclic) bond motifs is 1. The van der Waals surface area contributed by atoms with E-state index < -0.39 is 24.9 Å². The van der Waals surface area contributed by atoms with Crippen LogP contribution in [0.2, 0.25) is 0 Å². The van der Waals surface area contributed by atoms with Crippen LogP contribution in [0.3, 0.4) is 0 Å². The fraction of sp³-hybridized carbons (Fsp3) is 0.333. The van der Waals surface area contributed by atoms with Gasteiger partial charge in [-0.2, -0.15) is 4.80 Å². The van der Waals surface area contributed by atoms with Crippen molar-refractivity contribution in [2.75, 3.05) is 6.54 Å². The van der Waals surface area contributed by atoms with Gasteiger partial charge in [-0.15, -0.1) is 10.2 Å². The van der Waals surface area contributed by atoms with E-state index in [1.165, 1.54) is 10.9 Å². The Morgan fingerprint density at radius 3 is 2.97 bits per heavy atom. The number of aromatic nitrogens is 4. The third-order valence-electron chi connectivity index (χ3n) is 4.14. The monoisotopic (exact) mass is 402 g/mol. The van der Waals surface area contributed by atoms with E-state index in [2.05, 4.69) is 26.0 Å². The van der Waals surface area contributed by atoms with Gasteiger partial charge >= 0.3 is 13.1 Å². The molecule has 0 unspecified atom stereocenters. The van der Waals surface area contributed by atoms with Crippen molar-refractivity contribution in [3.05, 3.63) is 35.2 Å². The molecule has 0 aliphatic carbocycles. The molecule has 1 aromatic carbocycles. The van der Waals surface area contributed by atoms with Gasteiger partial charge in [0.1, 0.15) is 5.75 Å². The van der Waals surface area contributed by atoms with E-state index in [-0.39, 0.29) is 35.9 Å². The fourth-order valence-corrected chi connectivity index (χ4v) is 2.85. The first-order valence-corrected chi connectivity index (χ1v) is 8.67. The Balaban J connectivity index is 1.57. The molecule has 1 aromatic heterocycles. The van der Waals surface area contributed by atoms with Crippen LogP contribution in [0, 0.1) is 5.41 Å². The van der Waals surface area contributed by atoms with Crippen molar-refractivity contribution >= 4 is 25.0 Å². The molecule has 0 fully saturated rings. The van der Waals surface area contributed by atoms with Crippen molar-refractivity contribution in [3.63, 3.8) is 0 Å². The molecule has 0 saturated heterocycles. The minimum absolute atomic E-state index is 0.0496. The van der Waals surface area contributed by atoms with Gasteiger partial charge in [0, 0.05) is 6.54 Å². The highest BCUT2D eigenvalue weighted by molar-refractivity contribution is 6.47. The summed E-state index contributed by atoms with van der Waals surface area (Å²) in [5.74, 6) is -2.25. The minimum atomic E-state index is -1.40. The number of nitrogens with two attached hydrogens (primary N) is 1. The number of nitrogens with one attached hydrogen (secondary N) is 3. The van der Waals surface area contributed by atoms with Gasteiger partial charge < -0.3 is 31.2 Å². The number of hydrogen-bond acceptors (Lipinski definition) is 8. The second-order valence-electron chi connectivity index (χ2n) is 6.30. The highest BCUT2D eigenvalue weighted by Crippen LogP contribution is 2.30. The normalized spacial score (nSPS) is 15.2. The zero-order valence-electron chi connectivity index (χ0n) is 15.2. The molecule has 14 heteroatoms. The summed E-state index contributed by atoms with van der Waals surface area (Å²) >= 11 is 0. The molecular weight excluding hydrogens is 383 g/mol. The molecule has 0 saturated carbocycles. The molecule has 152 valence electrons. The highest BCUT2D eigenvalue weighted by atomic mass is 16.5. The highest BCUT2D eigenvalue weighted by Gasteiger charge is 2.37. The summed E-state index contributed by atoms with van der Waals surface area (Å²) in [5.41, 5.74) is 5.70. The Bertz CT molecular complexity index is 935. The second-order valence-corrected chi connectivity index (χ2v) is 6.30. The lowest BCUT2D eigenvalue weighted by Crippen LogP contribution is -2.53. The number of carboxylic acids is 1. The number of tetrazole rings is 1. The summed E-state index contributed by atoms with van der Waals surface area (Å²) in [6.07, 6.45) is 0.0472. The molecule has 7 N–H and O–H groups in total. The Morgan fingerprint density at radius 1 is 1.45 bits per heavy atom. The lowest BCUT2D eigenvalue weighted by atomic mass is 9.72. The molecule has 0 spiro atoms. The molecule has 1 amide bonds. The Hall–Kier alpha value is -3.68. The van der Waals surface area contributed by atoms with E-state index in [4.69, 9.17) is 15.8 Å². The van der Waals surface area contributed by atoms with E-state index in [0.29, 0.717) is 18.7 Å². The summed E-state index contributed by atoms with van der Waals surface area (Å²) in [7, 11) is -1.40. The number of aromatic carboxylic acids is 1. The maximum atomic E-state index is 12.3. The number of rotatable bonds is 7. The lowest BCUT2D eigenvalue weighted by Gasteiger charge is -2.28. The van der Waals surface area contributed by atoms with Crippen molar-refractivity contribution in [1.82, 2.24) is 30.8 Å². The molecule has 1 aliphatic heterocycles. The van der Waals surface area contributed by atoms with Crippen LogP contribution in [-0.2, 0) is 24.2 Å². The molecular formula is C15H19BN8O5. The lowest BCUT2D eigenvalue weighted by molar-refractivity contribution is -0.121. The van der Waals surface area contributed by atoms with E-state index in [0.717, 1.165) is 0 Å². The Labute approximate surface area is 164 Å². The van der Waals surface area contributed by atoms with Crippen LogP contribution in [0.4, 0.5) is 0 Å². The number of benzene rings is 1. The quantitative estimate of drug-likeness (QED) is 0.164. The molecule has 1 atom stereocenters. The average Bonchev–Trinajstić information content (AvgIpc) is 3.08. The number of guanidine groups is 1.